The van der Waals surface area contributed by atoms with Crippen molar-refractivity contribution in [3.63, 3.8) is 0 Å². The van der Waals surface area contributed by atoms with Gasteiger partial charge in [-0.1, -0.05) is 42.0 Å². The van der Waals surface area contributed by atoms with Crippen molar-refractivity contribution in [2.75, 3.05) is 0 Å². The van der Waals surface area contributed by atoms with Crippen molar-refractivity contribution in [3.05, 3.63) is 95.2 Å². The van der Waals surface area contributed by atoms with Crippen LogP contribution in [0.2, 0.25) is 0 Å². The second kappa shape index (κ2) is 6.32. The lowest BCUT2D eigenvalue weighted by Gasteiger charge is -2.07. The number of nitrogens with one attached hydrogen (secondary N) is 1. The maximum atomic E-state index is 14.4. The van der Waals surface area contributed by atoms with Crippen LogP contribution in [0.3, 0.4) is 0 Å². The Morgan fingerprint density at radius 1 is 0.889 bits per heavy atom. The summed E-state index contributed by atoms with van der Waals surface area (Å²) in [6, 6.07) is 15.5. The third-order valence-electron chi connectivity index (χ3n) is 4.52. The third-order valence-corrected chi connectivity index (χ3v) is 5.84. The van der Waals surface area contributed by atoms with Gasteiger partial charge in [0.25, 0.3) is 10.0 Å². The molecule has 1 aliphatic rings. The summed E-state index contributed by atoms with van der Waals surface area (Å²) in [4.78, 5) is 0.113. The van der Waals surface area contributed by atoms with E-state index in [1.54, 1.807) is 36.4 Å². The Kier molecular flexibility index (Phi) is 4.08. The van der Waals surface area contributed by atoms with E-state index >= 15 is 0 Å². The topological polar surface area (TPSA) is 46.2 Å². The summed E-state index contributed by atoms with van der Waals surface area (Å²) in [5.74, 6) is -1.39. The number of rotatable bonds is 3. The zero-order chi connectivity index (χ0) is 19.2. The first-order chi connectivity index (χ1) is 12.9. The largest absolute Gasteiger partial charge is 0.286 e. The van der Waals surface area contributed by atoms with Gasteiger partial charge in [0, 0.05) is 23.4 Å². The number of fused-ring (bicyclic) bond motifs is 3. The maximum Gasteiger partial charge on any atom is 0.261 e. The highest BCUT2D eigenvalue weighted by Crippen LogP contribution is 2.45. The number of halogens is 2. The summed E-state index contributed by atoms with van der Waals surface area (Å²) >= 11 is 0. The molecule has 0 aliphatic heterocycles. The molecule has 0 unspecified atom stereocenters. The van der Waals surface area contributed by atoms with Crippen molar-refractivity contribution in [1.82, 2.24) is 4.72 Å². The van der Waals surface area contributed by atoms with Gasteiger partial charge in [0.15, 0.2) is 0 Å². The average molecular weight is 383 g/mol. The summed E-state index contributed by atoms with van der Waals surface area (Å²) in [6.07, 6.45) is 1.29. The number of hydrogen-bond acceptors (Lipinski definition) is 2. The second-order valence-electron chi connectivity index (χ2n) is 6.35. The number of aryl methyl sites for hydroxylation is 1. The van der Waals surface area contributed by atoms with E-state index in [4.69, 9.17) is 0 Å². The molecule has 3 aromatic rings. The first-order valence-electron chi connectivity index (χ1n) is 8.25. The molecule has 0 radical (unpaired) electrons. The summed E-state index contributed by atoms with van der Waals surface area (Å²) in [7, 11) is -3.80. The molecule has 27 heavy (non-hydrogen) atoms. The van der Waals surface area contributed by atoms with Crippen LogP contribution in [0.15, 0.2) is 71.8 Å². The fraction of sp³-hybridized carbons (Fsp3) is 0.0476. The molecule has 0 spiro atoms. The van der Waals surface area contributed by atoms with Gasteiger partial charge in [-0.25, -0.2) is 17.2 Å². The molecule has 0 aromatic heterocycles. The van der Waals surface area contributed by atoms with Crippen LogP contribution in [0.25, 0.3) is 16.7 Å². The molecule has 0 amide bonds. The van der Waals surface area contributed by atoms with Gasteiger partial charge >= 0.3 is 0 Å². The van der Waals surface area contributed by atoms with E-state index in [9.17, 15) is 17.2 Å². The summed E-state index contributed by atoms with van der Waals surface area (Å²) in [5.41, 5.74) is 3.20. The standard InChI is InChI=1S/C21H15F2NO2S/c1-13-6-8-15(9-7-13)27(25,26)24-12-19-16-4-2-3-5-17(16)21-18(19)10-14(22)11-20(21)23/h2-12,24H,1H3. The lowest BCUT2D eigenvalue weighted by molar-refractivity contribution is 0.585. The van der Waals surface area contributed by atoms with Crippen LogP contribution < -0.4 is 4.72 Å². The van der Waals surface area contributed by atoms with Crippen LogP contribution in [0, 0.1) is 18.6 Å². The Bertz CT molecular complexity index is 1180. The monoisotopic (exact) mass is 383 g/mol. The third kappa shape index (κ3) is 3.02. The van der Waals surface area contributed by atoms with Gasteiger partial charge in [-0.15, -0.1) is 0 Å². The minimum atomic E-state index is -3.80. The van der Waals surface area contributed by atoms with Gasteiger partial charge in [0.2, 0.25) is 0 Å². The predicted octanol–water partition coefficient (Wildman–Crippen LogP) is 4.62. The van der Waals surface area contributed by atoms with Crippen molar-refractivity contribution >= 4 is 15.6 Å². The van der Waals surface area contributed by atoms with Gasteiger partial charge < -0.3 is 0 Å². The van der Waals surface area contributed by atoms with Crippen LogP contribution in [0.1, 0.15) is 16.7 Å². The van der Waals surface area contributed by atoms with E-state index in [2.05, 4.69) is 4.72 Å². The summed E-state index contributed by atoms with van der Waals surface area (Å²) in [6.45, 7) is 1.86. The molecule has 3 nitrogen and oxygen atoms in total. The lowest BCUT2D eigenvalue weighted by Crippen LogP contribution is -2.18. The Balaban J connectivity index is 1.81. The fourth-order valence-electron chi connectivity index (χ4n) is 3.22. The molecule has 0 saturated heterocycles. The molecule has 136 valence electrons. The van der Waals surface area contributed by atoms with Gasteiger partial charge in [0.1, 0.15) is 11.6 Å². The molecule has 4 rings (SSSR count). The Morgan fingerprint density at radius 3 is 2.26 bits per heavy atom. The highest BCUT2D eigenvalue weighted by molar-refractivity contribution is 7.89. The molecule has 3 aromatic carbocycles. The number of sulfonamides is 1. The van der Waals surface area contributed by atoms with Gasteiger partial charge in [-0.05, 0) is 41.8 Å². The highest BCUT2D eigenvalue weighted by Gasteiger charge is 2.27. The molecule has 1 N–H and O–H groups in total. The smallest absolute Gasteiger partial charge is 0.261 e. The molecular formula is C21H15F2NO2S. The van der Waals surface area contributed by atoms with E-state index in [-0.39, 0.29) is 10.5 Å². The van der Waals surface area contributed by atoms with Crippen LogP contribution >= 0.6 is 0 Å². The Morgan fingerprint density at radius 2 is 1.56 bits per heavy atom. The lowest BCUT2D eigenvalue weighted by atomic mass is 10.1. The SMILES string of the molecule is Cc1ccc(S(=O)(=O)NC=C2c3ccccc3-c3c(F)cc(F)cc32)cc1. The van der Waals surface area contributed by atoms with Crippen molar-refractivity contribution in [1.29, 1.82) is 0 Å². The molecule has 0 saturated carbocycles. The quantitative estimate of drug-likeness (QED) is 0.561. The summed E-state index contributed by atoms with van der Waals surface area (Å²) < 4.78 is 55.7. The van der Waals surface area contributed by atoms with E-state index in [1.807, 2.05) is 6.92 Å². The minimum absolute atomic E-state index is 0.113. The van der Waals surface area contributed by atoms with Gasteiger partial charge in [0.05, 0.1) is 4.90 Å². The second-order valence-corrected chi connectivity index (χ2v) is 8.06. The van der Waals surface area contributed by atoms with Crippen LogP contribution in [0.4, 0.5) is 8.78 Å². The highest BCUT2D eigenvalue weighted by atomic mass is 32.2. The zero-order valence-corrected chi connectivity index (χ0v) is 15.1. The van der Waals surface area contributed by atoms with Gasteiger partial charge in [-0.3, -0.25) is 4.72 Å². The normalized spacial score (nSPS) is 14.1. The molecule has 0 heterocycles. The molecular weight excluding hydrogens is 368 g/mol. The van der Waals surface area contributed by atoms with E-state index in [0.29, 0.717) is 22.3 Å². The zero-order valence-electron chi connectivity index (χ0n) is 14.3. The minimum Gasteiger partial charge on any atom is -0.286 e. The summed E-state index contributed by atoms with van der Waals surface area (Å²) in [5, 5.41) is 0. The average Bonchev–Trinajstić information content (AvgIpc) is 2.94. The van der Waals surface area contributed by atoms with Gasteiger partial charge in [-0.2, -0.15) is 0 Å². The number of hydrogen-bond donors (Lipinski definition) is 1. The molecule has 6 heteroatoms. The molecule has 0 bridgehead atoms. The molecule has 0 fully saturated rings. The van der Waals surface area contributed by atoms with Crippen LogP contribution in [0.5, 0.6) is 0 Å². The predicted molar refractivity (Wildman–Crippen MR) is 100 cm³/mol. The maximum absolute atomic E-state index is 14.4. The van der Waals surface area contributed by atoms with Crippen LogP contribution in [-0.4, -0.2) is 8.42 Å². The van der Waals surface area contributed by atoms with Crippen LogP contribution in [-0.2, 0) is 10.0 Å². The Labute approximate surface area is 156 Å². The molecule has 1 aliphatic carbocycles. The van der Waals surface area contributed by atoms with Crippen molar-refractivity contribution in [2.45, 2.75) is 11.8 Å². The molecule has 0 atom stereocenters. The van der Waals surface area contributed by atoms with E-state index in [0.717, 1.165) is 11.6 Å². The van der Waals surface area contributed by atoms with Crippen molar-refractivity contribution in [3.8, 4) is 11.1 Å². The van der Waals surface area contributed by atoms with Crippen molar-refractivity contribution in [2.24, 2.45) is 0 Å². The Hall–Kier alpha value is -2.99. The van der Waals surface area contributed by atoms with E-state index in [1.165, 1.54) is 24.4 Å². The van der Waals surface area contributed by atoms with E-state index < -0.39 is 21.7 Å². The number of benzene rings is 3. The van der Waals surface area contributed by atoms with Crippen molar-refractivity contribution < 1.29 is 17.2 Å². The first-order valence-corrected chi connectivity index (χ1v) is 9.73. The fourth-order valence-corrected chi connectivity index (χ4v) is 4.12. The first kappa shape index (κ1) is 17.4.